The number of benzene rings is 1. The molecule has 1 aliphatic heterocycles. The van der Waals surface area contributed by atoms with Gasteiger partial charge in [0.05, 0.1) is 10.6 Å². The molecule has 0 saturated carbocycles. The number of halogens is 1. The minimum Gasteiger partial charge on any atom is -0.337 e. The largest absolute Gasteiger partial charge is 0.337 e. The molecule has 3 aromatic rings. The van der Waals surface area contributed by atoms with Crippen LogP contribution in [0.3, 0.4) is 0 Å². The minimum atomic E-state index is -0.229. The molecule has 4 nitrogen and oxygen atoms in total. The third-order valence-corrected chi connectivity index (χ3v) is 5.79. The normalized spacial score (nSPS) is 17.9. The Morgan fingerprint density at radius 2 is 2.08 bits per heavy atom. The topological polar surface area (TPSA) is 49.0 Å². The zero-order valence-electron chi connectivity index (χ0n) is 14.3. The number of nitrogens with one attached hydrogen (secondary N) is 1. The first-order chi connectivity index (χ1) is 12.7. The van der Waals surface area contributed by atoms with E-state index in [4.69, 9.17) is 0 Å². The molecular formula is C20H20FN3OS. The number of rotatable bonds is 3. The average molecular weight is 369 g/mol. The second kappa shape index (κ2) is 7.41. The molecule has 1 aliphatic rings. The van der Waals surface area contributed by atoms with Crippen molar-refractivity contribution in [2.45, 2.75) is 25.2 Å². The molecule has 0 bridgehead atoms. The maximum Gasteiger partial charge on any atom is 0.274 e. The number of aromatic amines is 1. The summed E-state index contributed by atoms with van der Waals surface area (Å²) in [5.74, 6) is -0.0382. The minimum absolute atomic E-state index is 0.0435. The van der Waals surface area contributed by atoms with Crippen LogP contribution in [0.2, 0.25) is 0 Å². The molecule has 0 spiro atoms. The number of H-pyrrole nitrogens is 1. The second-order valence-corrected chi connectivity index (χ2v) is 7.59. The number of thiophene rings is 1. The van der Waals surface area contributed by atoms with E-state index < -0.39 is 0 Å². The van der Waals surface area contributed by atoms with E-state index in [0.717, 1.165) is 41.9 Å². The lowest BCUT2D eigenvalue weighted by Crippen LogP contribution is -2.34. The van der Waals surface area contributed by atoms with E-state index in [1.807, 2.05) is 40.6 Å². The van der Waals surface area contributed by atoms with Gasteiger partial charge in [0.25, 0.3) is 5.91 Å². The van der Waals surface area contributed by atoms with Gasteiger partial charge in [0, 0.05) is 19.0 Å². The van der Waals surface area contributed by atoms with Crippen molar-refractivity contribution in [1.29, 1.82) is 0 Å². The Morgan fingerprint density at radius 1 is 1.23 bits per heavy atom. The molecule has 1 amide bonds. The molecule has 0 unspecified atom stereocenters. The van der Waals surface area contributed by atoms with Gasteiger partial charge in [-0.25, -0.2) is 4.39 Å². The summed E-state index contributed by atoms with van der Waals surface area (Å²) in [5.41, 5.74) is 2.41. The van der Waals surface area contributed by atoms with Crippen LogP contribution in [0.1, 0.15) is 41.2 Å². The van der Waals surface area contributed by atoms with Crippen LogP contribution in [0.15, 0.2) is 47.8 Å². The molecule has 4 rings (SSSR count). The van der Waals surface area contributed by atoms with E-state index >= 15 is 0 Å². The van der Waals surface area contributed by atoms with E-state index in [2.05, 4.69) is 10.2 Å². The smallest absolute Gasteiger partial charge is 0.274 e. The molecule has 1 atom stereocenters. The lowest BCUT2D eigenvalue weighted by molar-refractivity contribution is 0.0748. The molecule has 1 aromatic carbocycles. The highest BCUT2D eigenvalue weighted by atomic mass is 32.1. The van der Waals surface area contributed by atoms with Crippen LogP contribution >= 0.6 is 11.3 Å². The van der Waals surface area contributed by atoms with Crippen LogP contribution in [-0.2, 0) is 0 Å². The zero-order valence-corrected chi connectivity index (χ0v) is 15.1. The fourth-order valence-electron chi connectivity index (χ4n) is 3.48. The van der Waals surface area contributed by atoms with Crippen molar-refractivity contribution in [3.05, 3.63) is 64.9 Å². The fraction of sp³-hybridized carbons (Fsp3) is 0.300. The number of hydrogen-bond acceptors (Lipinski definition) is 3. The van der Waals surface area contributed by atoms with Gasteiger partial charge in [0.1, 0.15) is 5.82 Å². The predicted molar refractivity (Wildman–Crippen MR) is 101 cm³/mol. The molecule has 0 radical (unpaired) electrons. The molecule has 3 heterocycles. The van der Waals surface area contributed by atoms with Crippen LogP contribution in [-0.4, -0.2) is 34.1 Å². The van der Waals surface area contributed by atoms with Gasteiger partial charge >= 0.3 is 0 Å². The van der Waals surface area contributed by atoms with Crippen molar-refractivity contribution >= 4 is 17.2 Å². The first-order valence-corrected chi connectivity index (χ1v) is 9.73. The van der Waals surface area contributed by atoms with E-state index in [1.165, 1.54) is 12.1 Å². The molecule has 1 fully saturated rings. The fourth-order valence-corrected chi connectivity index (χ4v) is 4.18. The summed E-state index contributed by atoms with van der Waals surface area (Å²) in [5, 5.41) is 9.19. The maximum absolute atomic E-state index is 13.2. The Kier molecular flexibility index (Phi) is 4.84. The van der Waals surface area contributed by atoms with Crippen molar-refractivity contribution in [2.24, 2.45) is 0 Å². The Hall–Kier alpha value is -2.47. The summed E-state index contributed by atoms with van der Waals surface area (Å²) in [4.78, 5) is 15.9. The number of nitrogens with zero attached hydrogens (tertiary/aromatic N) is 2. The molecule has 26 heavy (non-hydrogen) atoms. The van der Waals surface area contributed by atoms with E-state index in [0.29, 0.717) is 12.2 Å². The third kappa shape index (κ3) is 3.55. The van der Waals surface area contributed by atoms with Gasteiger partial charge in [0.15, 0.2) is 5.69 Å². The molecule has 6 heteroatoms. The Balaban J connectivity index is 1.52. The summed E-state index contributed by atoms with van der Waals surface area (Å²) in [7, 11) is 0. The standard InChI is InChI=1S/C20H20FN3OS/c21-16-8-6-14(7-9-16)15-4-1-2-10-24(13-15)20(25)18-12-17(22-23-18)19-5-3-11-26-19/h3,5-9,11-12,15H,1-2,4,10,13H2,(H,22,23)/t15-/m0/s1. The van der Waals surface area contributed by atoms with Crippen LogP contribution in [0.5, 0.6) is 0 Å². The lowest BCUT2D eigenvalue weighted by atomic mass is 9.94. The highest BCUT2D eigenvalue weighted by Gasteiger charge is 2.25. The third-order valence-electron chi connectivity index (χ3n) is 4.88. The maximum atomic E-state index is 13.2. The van der Waals surface area contributed by atoms with Crippen molar-refractivity contribution < 1.29 is 9.18 Å². The van der Waals surface area contributed by atoms with Crippen LogP contribution < -0.4 is 0 Å². The van der Waals surface area contributed by atoms with Crippen molar-refractivity contribution in [2.75, 3.05) is 13.1 Å². The number of likely N-dealkylation sites (tertiary alicyclic amines) is 1. The predicted octanol–water partition coefficient (Wildman–Crippen LogP) is 4.69. The van der Waals surface area contributed by atoms with Crippen LogP contribution in [0, 0.1) is 5.82 Å². The van der Waals surface area contributed by atoms with E-state index in [-0.39, 0.29) is 17.6 Å². The Labute approximate surface area is 155 Å². The van der Waals surface area contributed by atoms with Gasteiger partial charge in [-0.15, -0.1) is 11.3 Å². The van der Waals surface area contributed by atoms with Gasteiger partial charge in [-0.05, 0) is 48.1 Å². The van der Waals surface area contributed by atoms with Crippen molar-refractivity contribution in [1.82, 2.24) is 15.1 Å². The molecule has 2 aromatic heterocycles. The first kappa shape index (κ1) is 17.0. The number of carbonyl (C=O) groups is 1. The highest BCUT2D eigenvalue weighted by Crippen LogP contribution is 2.28. The van der Waals surface area contributed by atoms with Gasteiger partial charge in [-0.1, -0.05) is 24.6 Å². The van der Waals surface area contributed by atoms with Crippen molar-refractivity contribution in [3.63, 3.8) is 0 Å². The lowest BCUT2D eigenvalue weighted by Gasteiger charge is -2.24. The zero-order chi connectivity index (χ0) is 17.9. The molecule has 0 aliphatic carbocycles. The number of amides is 1. The van der Waals surface area contributed by atoms with Crippen LogP contribution in [0.4, 0.5) is 4.39 Å². The highest BCUT2D eigenvalue weighted by molar-refractivity contribution is 7.13. The number of carbonyl (C=O) groups excluding carboxylic acids is 1. The first-order valence-electron chi connectivity index (χ1n) is 8.85. The summed E-state index contributed by atoms with van der Waals surface area (Å²) < 4.78 is 13.2. The SMILES string of the molecule is O=C(c1cc(-c2cccs2)[nH]n1)N1CCCC[C@H](c2ccc(F)cc2)C1. The van der Waals surface area contributed by atoms with Crippen molar-refractivity contribution in [3.8, 4) is 10.6 Å². The Morgan fingerprint density at radius 3 is 2.85 bits per heavy atom. The molecule has 1 N–H and O–H groups in total. The number of aromatic nitrogens is 2. The monoisotopic (exact) mass is 369 g/mol. The average Bonchev–Trinajstić information content (AvgIpc) is 3.29. The quantitative estimate of drug-likeness (QED) is 0.728. The van der Waals surface area contributed by atoms with Gasteiger partial charge in [-0.2, -0.15) is 5.10 Å². The second-order valence-electron chi connectivity index (χ2n) is 6.64. The summed E-state index contributed by atoms with van der Waals surface area (Å²) in [6.07, 6.45) is 3.05. The van der Waals surface area contributed by atoms with Gasteiger partial charge in [-0.3, -0.25) is 9.89 Å². The van der Waals surface area contributed by atoms with Crippen LogP contribution in [0.25, 0.3) is 10.6 Å². The van der Waals surface area contributed by atoms with Gasteiger partial charge in [0.2, 0.25) is 0 Å². The van der Waals surface area contributed by atoms with Gasteiger partial charge < -0.3 is 4.90 Å². The molecule has 134 valence electrons. The Bertz CT molecular complexity index is 873. The van der Waals surface area contributed by atoms with E-state index in [9.17, 15) is 9.18 Å². The van der Waals surface area contributed by atoms with E-state index in [1.54, 1.807) is 11.3 Å². The molecule has 1 saturated heterocycles. The summed E-state index contributed by atoms with van der Waals surface area (Å²) in [6.45, 7) is 1.38. The molecular weight excluding hydrogens is 349 g/mol. The summed E-state index contributed by atoms with van der Waals surface area (Å²) in [6, 6.07) is 12.5. The number of hydrogen-bond donors (Lipinski definition) is 1. The summed E-state index contributed by atoms with van der Waals surface area (Å²) >= 11 is 1.61.